The SMILES string of the molecule is CCNC(=NCC(=O)N1CCCCC1)NCC(C)(C)c1cccs1.I. The number of thiophene rings is 1. The molecule has 142 valence electrons. The third-order valence-corrected chi connectivity index (χ3v) is 5.55. The molecule has 5 nitrogen and oxygen atoms in total. The van der Waals surface area contributed by atoms with Crippen molar-refractivity contribution in [1.29, 1.82) is 0 Å². The van der Waals surface area contributed by atoms with Gasteiger partial charge in [-0.1, -0.05) is 19.9 Å². The van der Waals surface area contributed by atoms with Gasteiger partial charge in [-0.05, 0) is 37.6 Å². The van der Waals surface area contributed by atoms with Gasteiger partial charge in [0.15, 0.2) is 5.96 Å². The van der Waals surface area contributed by atoms with E-state index in [4.69, 9.17) is 0 Å². The molecule has 1 saturated heterocycles. The lowest BCUT2D eigenvalue weighted by Crippen LogP contribution is -2.44. The van der Waals surface area contributed by atoms with Crippen molar-refractivity contribution >= 4 is 47.2 Å². The van der Waals surface area contributed by atoms with Gasteiger partial charge in [0.05, 0.1) is 0 Å². The number of nitrogens with one attached hydrogen (secondary N) is 2. The minimum Gasteiger partial charge on any atom is -0.357 e. The molecular weight excluding hydrogens is 447 g/mol. The van der Waals surface area contributed by atoms with Crippen LogP contribution in [0.1, 0.15) is 44.9 Å². The molecule has 2 rings (SSSR count). The van der Waals surface area contributed by atoms with Crippen molar-refractivity contribution in [2.45, 2.75) is 45.4 Å². The zero-order chi connectivity index (χ0) is 17.4. The predicted molar refractivity (Wildman–Crippen MR) is 117 cm³/mol. The van der Waals surface area contributed by atoms with Gasteiger partial charge in [-0.2, -0.15) is 0 Å². The molecule has 2 heterocycles. The van der Waals surface area contributed by atoms with Gasteiger partial charge in [0.1, 0.15) is 6.54 Å². The van der Waals surface area contributed by atoms with Crippen molar-refractivity contribution in [2.24, 2.45) is 4.99 Å². The van der Waals surface area contributed by atoms with Crippen molar-refractivity contribution in [3.8, 4) is 0 Å². The van der Waals surface area contributed by atoms with Crippen LogP contribution in [0.25, 0.3) is 0 Å². The maximum absolute atomic E-state index is 12.3. The highest BCUT2D eigenvalue weighted by Crippen LogP contribution is 2.26. The molecule has 1 amide bonds. The summed E-state index contributed by atoms with van der Waals surface area (Å²) in [4.78, 5) is 20.0. The van der Waals surface area contributed by atoms with E-state index < -0.39 is 0 Å². The number of aliphatic imine (C=N–C) groups is 1. The number of hydrogen-bond acceptors (Lipinski definition) is 3. The number of amides is 1. The van der Waals surface area contributed by atoms with Gasteiger partial charge in [0.2, 0.25) is 5.91 Å². The average Bonchev–Trinajstić information content (AvgIpc) is 3.13. The summed E-state index contributed by atoms with van der Waals surface area (Å²) >= 11 is 1.77. The second kappa shape index (κ2) is 11.0. The molecule has 2 N–H and O–H groups in total. The largest absolute Gasteiger partial charge is 0.357 e. The zero-order valence-electron chi connectivity index (χ0n) is 15.5. The van der Waals surface area contributed by atoms with Crippen LogP contribution in [0.2, 0.25) is 0 Å². The number of piperidine rings is 1. The normalized spacial score (nSPS) is 15.5. The third kappa shape index (κ3) is 7.13. The summed E-state index contributed by atoms with van der Waals surface area (Å²) in [5.41, 5.74) is 0.0290. The summed E-state index contributed by atoms with van der Waals surface area (Å²) < 4.78 is 0. The summed E-state index contributed by atoms with van der Waals surface area (Å²) in [7, 11) is 0. The number of halogens is 1. The summed E-state index contributed by atoms with van der Waals surface area (Å²) in [5.74, 6) is 0.844. The fraction of sp³-hybridized carbons (Fsp3) is 0.667. The van der Waals surface area contributed by atoms with Crippen LogP contribution in [-0.2, 0) is 10.2 Å². The van der Waals surface area contributed by atoms with Crippen molar-refractivity contribution in [2.75, 3.05) is 32.7 Å². The Labute approximate surface area is 172 Å². The fourth-order valence-corrected chi connectivity index (χ4v) is 3.64. The number of likely N-dealkylation sites (tertiary alicyclic amines) is 1. The molecule has 25 heavy (non-hydrogen) atoms. The maximum atomic E-state index is 12.3. The van der Waals surface area contributed by atoms with E-state index in [1.165, 1.54) is 11.3 Å². The maximum Gasteiger partial charge on any atom is 0.244 e. The van der Waals surface area contributed by atoms with E-state index in [2.05, 4.69) is 47.0 Å². The topological polar surface area (TPSA) is 56.7 Å². The Hall–Kier alpha value is -0.830. The van der Waals surface area contributed by atoms with Gasteiger partial charge >= 0.3 is 0 Å². The molecule has 0 atom stereocenters. The number of rotatable bonds is 6. The van der Waals surface area contributed by atoms with Crippen LogP contribution in [0.4, 0.5) is 0 Å². The predicted octanol–water partition coefficient (Wildman–Crippen LogP) is 3.21. The van der Waals surface area contributed by atoms with Crippen LogP contribution in [0, 0.1) is 0 Å². The minimum absolute atomic E-state index is 0. The molecule has 0 aromatic carbocycles. The molecule has 0 unspecified atom stereocenters. The molecule has 0 radical (unpaired) electrons. The average molecular weight is 478 g/mol. The lowest BCUT2D eigenvalue weighted by atomic mass is 9.91. The zero-order valence-corrected chi connectivity index (χ0v) is 18.7. The van der Waals surface area contributed by atoms with Gasteiger partial charge in [-0.3, -0.25) is 4.79 Å². The Morgan fingerprint density at radius 3 is 2.60 bits per heavy atom. The highest BCUT2D eigenvalue weighted by molar-refractivity contribution is 14.0. The molecule has 1 aromatic rings. The first kappa shape index (κ1) is 22.2. The van der Waals surface area contributed by atoms with Crippen LogP contribution < -0.4 is 10.6 Å². The molecule has 1 aliphatic heterocycles. The quantitative estimate of drug-likeness (QED) is 0.375. The Morgan fingerprint density at radius 2 is 2.00 bits per heavy atom. The molecule has 1 aromatic heterocycles. The summed E-state index contributed by atoms with van der Waals surface area (Å²) in [5, 5.41) is 8.72. The number of carbonyl (C=O) groups excluding carboxylic acids is 1. The molecule has 7 heteroatoms. The second-order valence-electron chi connectivity index (χ2n) is 6.85. The molecule has 1 fully saturated rings. The Kier molecular flexibility index (Phi) is 9.78. The third-order valence-electron chi connectivity index (χ3n) is 4.31. The fourth-order valence-electron chi connectivity index (χ4n) is 2.79. The Morgan fingerprint density at radius 1 is 1.28 bits per heavy atom. The van der Waals surface area contributed by atoms with E-state index in [-0.39, 0.29) is 41.8 Å². The van der Waals surface area contributed by atoms with Gasteiger partial charge in [0.25, 0.3) is 0 Å². The molecule has 0 aliphatic carbocycles. The lowest BCUT2D eigenvalue weighted by molar-refractivity contribution is -0.130. The summed E-state index contributed by atoms with van der Waals surface area (Å²) in [6.45, 7) is 10.00. The van der Waals surface area contributed by atoms with Crippen LogP contribution in [0.5, 0.6) is 0 Å². The summed E-state index contributed by atoms with van der Waals surface area (Å²) in [6, 6.07) is 4.24. The van der Waals surface area contributed by atoms with Gasteiger partial charge in [-0.15, -0.1) is 35.3 Å². The van der Waals surface area contributed by atoms with Crippen molar-refractivity contribution in [3.63, 3.8) is 0 Å². The minimum atomic E-state index is 0. The molecule has 0 saturated carbocycles. The molecular formula is C18H31IN4OS. The van der Waals surface area contributed by atoms with E-state index in [1.807, 2.05) is 11.8 Å². The van der Waals surface area contributed by atoms with Crippen LogP contribution in [0.15, 0.2) is 22.5 Å². The van der Waals surface area contributed by atoms with Gasteiger partial charge < -0.3 is 15.5 Å². The standard InChI is InChI=1S/C18H30N4OS.HI/c1-4-19-17(20-13-16(23)22-10-6-5-7-11-22)21-14-18(2,3)15-9-8-12-24-15;/h8-9,12H,4-7,10-11,13-14H2,1-3H3,(H2,19,20,21);1H. The van der Waals surface area contributed by atoms with E-state index in [0.717, 1.165) is 39.0 Å². The molecule has 1 aliphatic rings. The first-order valence-electron chi connectivity index (χ1n) is 8.87. The van der Waals surface area contributed by atoms with Crippen LogP contribution in [0.3, 0.4) is 0 Å². The first-order chi connectivity index (χ1) is 11.5. The number of hydrogen-bond donors (Lipinski definition) is 2. The lowest BCUT2D eigenvalue weighted by Gasteiger charge is -2.27. The van der Waals surface area contributed by atoms with Gasteiger partial charge in [-0.25, -0.2) is 4.99 Å². The first-order valence-corrected chi connectivity index (χ1v) is 9.75. The number of nitrogens with zero attached hydrogens (tertiary/aromatic N) is 2. The molecule has 0 bridgehead atoms. The van der Waals surface area contributed by atoms with Crippen molar-refractivity contribution in [3.05, 3.63) is 22.4 Å². The Bertz CT molecular complexity index is 539. The smallest absolute Gasteiger partial charge is 0.244 e. The van der Waals surface area contributed by atoms with E-state index >= 15 is 0 Å². The van der Waals surface area contributed by atoms with E-state index in [0.29, 0.717) is 5.96 Å². The van der Waals surface area contributed by atoms with Crippen molar-refractivity contribution in [1.82, 2.24) is 15.5 Å². The number of carbonyl (C=O) groups is 1. The van der Waals surface area contributed by atoms with Crippen LogP contribution >= 0.6 is 35.3 Å². The highest BCUT2D eigenvalue weighted by atomic mass is 127. The monoisotopic (exact) mass is 478 g/mol. The van der Waals surface area contributed by atoms with Crippen LogP contribution in [-0.4, -0.2) is 49.5 Å². The molecule has 0 spiro atoms. The van der Waals surface area contributed by atoms with Gasteiger partial charge in [0, 0.05) is 36.5 Å². The second-order valence-corrected chi connectivity index (χ2v) is 7.80. The highest BCUT2D eigenvalue weighted by Gasteiger charge is 2.22. The summed E-state index contributed by atoms with van der Waals surface area (Å²) in [6.07, 6.45) is 3.46. The van der Waals surface area contributed by atoms with E-state index in [1.54, 1.807) is 11.3 Å². The van der Waals surface area contributed by atoms with E-state index in [9.17, 15) is 4.79 Å². The van der Waals surface area contributed by atoms with Crippen molar-refractivity contribution < 1.29 is 4.79 Å². The number of guanidine groups is 1. The Balaban J connectivity index is 0.00000312.